The second-order valence-corrected chi connectivity index (χ2v) is 4.13. The Hall–Kier alpha value is -1.76. The molecule has 0 amide bonds. The van der Waals surface area contributed by atoms with Crippen molar-refractivity contribution in [2.24, 2.45) is 5.10 Å². The molecule has 4 nitrogen and oxygen atoms in total. The first-order valence-corrected chi connectivity index (χ1v) is 5.97. The van der Waals surface area contributed by atoms with Crippen molar-refractivity contribution in [2.45, 2.75) is 20.0 Å². The summed E-state index contributed by atoms with van der Waals surface area (Å²) in [5.41, 5.74) is 1.37. The number of esters is 1. The van der Waals surface area contributed by atoms with Gasteiger partial charge in [-0.25, -0.2) is 4.79 Å². The summed E-state index contributed by atoms with van der Waals surface area (Å²) in [5.74, 6) is -0.664. The molecule has 0 aliphatic rings. The first kappa shape index (κ1) is 16.3. The normalized spacial score (nSPS) is 12.2. The Morgan fingerprint density at radius 3 is 2.65 bits per heavy atom. The summed E-state index contributed by atoms with van der Waals surface area (Å²) in [6.45, 7) is 3.17. The number of halogens is 4. The summed E-state index contributed by atoms with van der Waals surface area (Å²) in [7, 11) is 0. The summed E-state index contributed by atoms with van der Waals surface area (Å²) >= 11 is 5.76. The van der Waals surface area contributed by atoms with Crippen LogP contribution < -0.4 is 5.43 Å². The zero-order chi connectivity index (χ0) is 15.3. The third-order valence-electron chi connectivity index (χ3n) is 2.21. The van der Waals surface area contributed by atoms with E-state index in [1.807, 2.05) is 0 Å². The Labute approximate surface area is 118 Å². The number of hydrogen-bond acceptors (Lipinski definition) is 4. The Balaban J connectivity index is 2.92. The molecule has 0 aliphatic carbocycles. The van der Waals surface area contributed by atoms with Crippen LogP contribution >= 0.6 is 11.6 Å². The van der Waals surface area contributed by atoms with Crippen LogP contribution in [0.5, 0.6) is 0 Å². The number of hydrogen-bond donors (Lipinski definition) is 1. The summed E-state index contributed by atoms with van der Waals surface area (Å²) < 4.78 is 42.3. The van der Waals surface area contributed by atoms with Gasteiger partial charge in [-0.3, -0.25) is 5.43 Å². The molecule has 0 spiro atoms. The van der Waals surface area contributed by atoms with Gasteiger partial charge in [0, 0.05) is 0 Å². The monoisotopic (exact) mass is 308 g/mol. The third kappa shape index (κ3) is 4.41. The van der Waals surface area contributed by atoms with Gasteiger partial charge in [-0.1, -0.05) is 11.6 Å². The van der Waals surface area contributed by atoms with E-state index in [2.05, 4.69) is 15.3 Å². The first-order chi connectivity index (χ1) is 9.25. The molecular weight excluding hydrogens is 297 g/mol. The van der Waals surface area contributed by atoms with Crippen LogP contribution in [0.2, 0.25) is 5.02 Å². The lowest BCUT2D eigenvalue weighted by Crippen LogP contribution is -2.15. The van der Waals surface area contributed by atoms with Crippen molar-refractivity contribution in [3.05, 3.63) is 28.8 Å². The molecule has 0 saturated heterocycles. The fraction of sp³-hybridized carbons (Fsp3) is 0.333. The molecule has 110 valence electrons. The van der Waals surface area contributed by atoms with E-state index < -0.39 is 17.7 Å². The van der Waals surface area contributed by atoms with Crippen LogP contribution in [0.25, 0.3) is 0 Å². The smallest absolute Gasteiger partial charge is 0.416 e. The topological polar surface area (TPSA) is 50.7 Å². The van der Waals surface area contributed by atoms with Gasteiger partial charge in [0.1, 0.15) is 5.71 Å². The lowest BCUT2D eigenvalue weighted by Gasteiger charge is -2.10. The lowest BCUT2D eigenvalue weighted by molar-refractivity contribution is -0.137. The summed E-state index contributed by atoms with van der Waals surface area (Å²) in [5, 5.41) is 3.69. The maximum atomic E-state index is 12.5. The maximum absolute atomic E-state index is 12.5. The van der Waals surface area contributed by atoms with E-state index in [-0.39, 0.29) is 23.0 Å². The van der Waals surface area contributed by atoms with Crippen molar-refractivity contribution in [3.63, 3.8) is 0 Å². The van der Waals surface area contributed by atoms with E-state index in [0.717, 1.165) is 18.2 Å². The summed E-state index contributed by atoms with van der Waals surface area (Å²) in [6.07, 6.45) is -4.49. The predicted octanol–water partition coefficient (Wildman–Crippen LogP) is 3.71. The van der Waals surface area contributed by atoms with Crippen LogP contribution in [0.3, 0.4) is 0 Å². The van der Waals surface area contributed by atoms with Gasteiger partial charge in [-0.2, -0.15) is 18.3 Å². The summed E-state index contributed by atoms with van der Waals surface area (Å²) in [6, 6.07) is 2.77. The number of carbonyl (C=O) groups is 1. The number of benzene rings is 1. The van der Waals surface area contributed by atoms with Gasteiger partial charge >= 0.3 is 12.1 Å². The minimum Gasteiger partial charge on any atom is -0.461 e. The molecule has 0 bridgehead atoms. The highest BCUT2D eigenvalue weighted by Gasteiger charge is 2.30. The van der Waals surface area contributed by atoms with E-state index >= 15 is 0 Å². The fourth-order valence-electron chi connectivity index (χ4n) is 1.21. The average Bonchev–Trinajstić information content (AvgIpc) is 2.36. The number of alkyl halides is 3. The number of carbonyl (C=O) groups excluding carboxylic acids is 1. The number of anilines is 1. The average molecular weight is 309 g/mol. The van der Waals surface area contributed by atoms with E-state index in [9.17, 15) is 18.0 Å². The zero-order valence-electron chi connectivity index (χ0n) is 10.7. The minimum absolute atomic E-state index is 0.0275. The van der Waals surface area contributed by atoms with Gasteiger partial charge < -0.3 is 4.74 Å². The van der Waals surface area contributed by atoms with E-state index in [0.29, 0.717) is 0 Å². The standard InChI is InChI=1S/C12H12ClF3N2O2/c1-3-20-11(19)7(2)17-18-10-6-8(12(14,15)16)4-5-9(10)13/h4-6,18H,3H2,1-2H3. The number of rotatable bonds is 4. The Morgan fingerprint density at radius 2 is 2.10 bits per heavy atom. The van der Waals surface area contributed by atoms with Crippen LogP contribution in [0, 0.1) is 0 Å². The molecule has 0 atom stereocenters. The predicted molar refractivity (Wildman–Crippen MR) is 69.8 cm³/mol. The number of nitrogens with zero attached hydrogens (tertiary/aromatic N) is 1. The SMILES string of the molecule is CCOC(=O)C(C)=NNc1cc(C(F)(F)F)ccc1Cl. The zero-order valence-corrected chi connectivity index (χ0v) is 11.5. The second kappa shape index (κ2) is 6.60. The van der Waals surface area contributed by atoms with Crippen molar-refractivity contribution in [3.8, 4) is 0 Å². The molecule has 8 heteroatoms. The van der Waals surface area contributed by atoms with Gasteiger partial charge in [0.15, 0.2) is 0 Å². The van der Waals surface area contributed by atoms with Crippen molar-refractivity contribution < 1.29 is 22.7 Å². The molecule has 0 radical (unpaired) electrons. The van der Waals surface area contributed by atoms with E-state index in [1.165, 1.54) is 6.92 Å². The number of ether oxygens (including phenoxy) is 1. The highest BCUT2D eigenvalue weighted by Crippen LogP contribution is 2.33. The molecule has 1 aromatic carbocycles. The molecule has 0 aliphatic heterocycles. The van der Waals surface area contributed by atoms with Gasteiger partial charge in [0.25, 0.3) is 0 Å². The quantitative estimate of drug-likeness (QED) is 0.524. The largest absolute Gasteiger partial charge is 0.461 e. The van der Waals surface area contributed by atoms with Gasteiger partial charge in [0.2, 0.25) is 0 Å². The molecule has 20 heavy (non-hydrogen) atoms. The molecule has 1 rings (SSSR count). The molecule has 0 heterocycles. The van der Waals surface area contributed by atoms with Gasteiger partial charge in [-0.05, 0) is 32.0 Å². The molecule has 1 aromatic rings. The Kier molecular flexibility index (Phi) is 5.38. The first-order valence-electron chi connectivity index (χ1n) is 5.60. The molecule has 0 saturated carbocycles. The molecule has 0 aromatic heterocycles. The van der Waals surface area contributed by atoms with Crippen molar-refractivity contribution in [2.75, 3.05) is 12.0 Å². The number of hydrazone groups is 1. The van der Waals surface area contributed by atoms with E-state index in [4.69, 9.17) is 11.6 Å². The van der Waals surface area contributed by atoms with Crippen molar-refractivity contribution >= 4 is 29.0 Å². The van der Waals surface area contributed by atoms with E-state index in [1.54, 1.807) is 6.92 Å². The minimum atomic E-state index is -4.49. The number of nitrogens with one attached hydrogen (secondary N) is 1. The molecule has 0 unspecified atom stereocenters. The van der Waals surface area contributed by atoms with Gasteiger partial charge in [0.05, 0.1) is 22.9 Å². The highest BCUT2D eigenvalue weighted by molar-refractivity contribution is 6.36. The Bertz CT molecular complexity index is 530. The van der Waals surface area contributed by atoms with Crippen LogP contribution in [0.15, 0.2) is 23.3 Å². The van der Waals surface area contributed by atoms with Crippen LogP contribution in [-0.4, -0.2) is 18.3 Å². The molecule has 0 fully saturated rings. The molecule has 1 N–H and O–H groups in total. The summed E-state index contributed by atoms with van der Waals surface area (Å²) in [4.78, 5) is 11.3. The van der Waals surface area contributed by atoms with Crippen LogP contribution in [0.4, 0.5) is 18.9 Å². The lowest BCUT2D eigenvalue weighted by atomic mass is 10.2. The second-order valence-electron chi connectivity index (χ2n) is 3.72. The maximum Gasteiger partial charge on any atom is 0.416 e. The highest BCUT2D eigenvalue weighted by atomic mass is 35.5. The fourth-order valence-corrected chi connectivity index (χ4v) is 1.37. The Morgan fingerprint density at radius 1 is 1.45 bits per heavy atom. The van der Waals surface area contributed by atoms with Crippen LogP contribution in [0.1, 0.15) is 19.4 Å². The van der Waals surface area contributed by atoms with Gasteiger partial charge in [-0.15, -0.1) is 0 Å². The molecular formula is C12H12ClF3N2O2. The van der Waals surface area contributed by atoms with Crippen molar-refractivity contribution in [1.82, 2.24) is 0 Å². The third-order valence-corrected chi connectivity index (χ3v) is 2.54. The van der Waals surface area contributed by atoms with Crippen LogP contribution in [-0.2, 0) is 15.7 Å². The van der Waals surface area contributed by atoms with Crippen molar-refractivity contribution in [1.29, 1.82) is 0 Å².